The van der Waals surface area contributed by atoms with E-state index in [0.29, 0.717) is 6.04 Å². The number of methoxy groups -OCH3 is 1. The van der Waals surface area contributed by atoms with Crippen molar-refractivity contribution >= 4 is 0 Å². The zero-order valence-corrected chi connectivity index (χ0v) is 13.2. The molecule has 0 spiro atoms. The van der Waals surface area contributed by atoms with E-state index in [0.717, 1.165) is 25.3 Å². The minimum Gasteiger partial charge on any atom is -0.497 e. The fourth-order valence-corrected chi connectivity index (χ4v) is 3.17. The number of rotatable bonds is 6. The van der Waals surface area contributed by atoms with Gasteiger partial charge in [-0.25, -0.2) is 4.98 Å². The molecule has 1 aliphatic heterocycles. The van der Waals surface area contributed by atoms with Crippen LogP contribution in [0.3, 0.4) is 0 Å². The molecule has 1 aromatic heterocycles. The van der Waals surface area contributed by atoms with Crippen LogP contribution in [0.5, 0.6) is 5.75 Å². The van der Waals surface area contributed by atoms with Crippen molar-refractivity contribution in [3.63, 3.8) is 0 Å². The highest BCUT2D eigenvalue weighted by molar-refractivity contribution is 5.27. The van der Waals surface area contributed by atoms with Crippen LogP contribution in [-0.2, 0) is 13.0 Å². The van der Waals surface area contributed by atoms with Crippen LogP contribution in [0.4, 0.5) is 0 Å². The first kappa shape index (κ1) is 15.0. The lowest BCUT2D eigenvalue weighted by atomic mass is 10.0. The van der Waals surface area contributed by atoms with Crippen molar-refractivity contribution < 1.29 is 4.74 Å². The van der Waals surface area contributed by atoms with Gasteiger partial charge in [0.05, 0.1) is 13.7 Å². The Balaban J connectivity index is 1.56. The van der Waals surface area contributed by atoms with Crippen molar-refractivity contribution in [1.29, 1.82) is 0 Å². The molecule has 0 N–H and O–H groups in total. The lowest BCUT2D eigenvalue weighted by Crippen LogP contribution is -2.43. The Morgan fingerprint density at radius 1 is 1.23 bits per heavy atom. The van der Waals surface area contributed by atoms with Crippen molar-refractivity contribution in [2.75, 3.05) is 20.2 Å². The van der Waals surface area contributed by atoms with Gasteiger partial charge in [0, 0.05) is 12.6 Å². The second-order valence-electron chi connectivity index (χ2n) is 5.90. The first-order valence-electron chi connectivity index (χ1n) is 8.04. The number of likely N-dealkylation sites (tertiary alicyclic amines) is 1. The molecule has 0 unspecified atom stereocenters. The molecule has 0 saturated carbocycles. The summed E-state index contributed by atoms with van der Waals surface area (Å²) >= 11 is 0. The highest BCUT2D eigenvalue weighted by atomic mass is 16.5. The summed E-state index contributed by atoms with van der Waals surface area (Å²) in [5.74, 6) is 0.922. The van der Waals surface area contributed by atoms with E-state index in [1.165, 1.54) is 31.4 Å². The zero-order valence-electron chi connectivity index (χ0n) is 13.2. The molecule has 5 nitrogen and oxygen atoms in total. The molecule has 22 heavy (non-hydrogen) atoms. The van der Waals surface area contributed by atoms with Crippen LogP contribution in [0, 0.1) is 0 Å². The maximum Gasteiger partial charge on any atom is 0.137 e. The summed E-state index contributed by atoms with van der Waals surface area (Å²) in [5.41, 5.74) is 1.37. The number of aromatic nitrogens is 3. The zero-order chi connectivity index (χ0) is 15.2. The van der Waals surface area contributed by atoms with E-state index in [-0.39, 0.29) is 0 Å². The lowest BCUT2D eigenvalue weighted by molar-refractivity contribution is 0.131. The van der Waals surface area contributed by atoms with Crippen molar-refractivity contribution in [2.45, 2.75) is 38.3 Å². The highest BCUT2D eigenvalue weighted by Crippen LogP contribution is 2.19. The van der Waals surface area contributed by atoms with E-state index in [9.17, 15) is 0 Å². The molecule has 0 bridgehead atoms. The highest BCUT2D eigenvalue weighted by Gasteiger charge is 2.22. The first-order valence-corrected chi connectivity index (χ1v) is 8.04. The van der Waals surface area contributed by atoms with Crippen LogP contribution in [0.2, 0.25) is 0 Å². The Labute approximate surface area is 131 Å². The molecule has 1 fully saturated rings. The normalized spacial score (nSPS) is 19.2. The van der Waals surface area contributed by atoms with Crippen LogP contribution in [0.1, 0.15) is 24.8 Å². The molecule has 1 aromatic carbocycles. The second kappa shape index (κ2) is 7.40. The van der Waals surface area contributed by atoms with Crippen LogP contribution in [0.15, 0.2) is 36.9 Å². The van der Waals surface area contributed by atoms with Gasteiger partial charge in [0.2, 0.25) is 0 Å². The van der Waals surface area contributed by atoms with Gasteiger partial charge in [-0.2, -0.15) is 5.10 Å². The van der Waals surface area contributed by atoms with Gasteiger partial charge >= 0.3 is 0 Å². The average Bonchev–Trinajstić information content (AvgIpc) is 3.07. The quantitative estimate of drug-likeness (QED) is 0.821. The van der Waals surface area contributed by atoms with E-state index < -0.39 is 0 Å². The van der Waals surface area contributed by atoms with Crippen molar-refractivity contribution in [3.05, 3.63) is 42.5 Å². The smallest absolute Gasteiger partial charge is 0.137 e. The number of ether oxygens (including phenoxy) is 1. The van der Waals surface area contributed by atoms with Crippen molar-refractivity contribution in [3.8, 4) is 5.75 Å². The van der Waals surface area contributed by atoms with Gasteiger partial charge in [-0.15, -0.1) is 0 Å². The first-order chi connectivity index (χ1) is 10.8. The molecule has 118 valence electrons. The van der Waals surface area contributed by atoms with Crippen LogP contribution >= 0.6 is 0 Å². The van der Waals surface area contributed by atoms with Crippen LogP contribution < -0.4 is 4.74 Å². The summed E-state index contributed by atoms with van der Waals surface area (Å²) in [4.78, 5) is 6.65. The topological polar surface area (TPSA) is 43.2 Å². The molecule has 2 heterocycles. The molecule has 1 aliphatic rings. The Morgan fingerprint density at radius 3 is 2.82 bits per heavy atom. The van der Waals surface area contributed by atoms with Gasteiger partial charge in [0.25, 0.3) is 0 Å². The number of piperidine rings is 1. The van der Waals surface area contributed by atoms with E-state index >= 15 is 0 Å². The number of nitrogens with zero attached hydrogens (tertiary/aromatic N) is 4. The summed E-state index contributed by atoms with van der Waals surface area (Å²) in [6, 6.07) is 8.98. The molecular formula is C17H24N4O. The van der Waals surface area contributed by atoms with Gasteiger partial charge < -0.3 is 4.74 Å². The van der Waals surface area contributed by atoms with Gasteiger partial charge in [0.15, 0.2) is 0 Å². The van der Waals surface area contributed by atoms with E-state index in [1.807, 2.05) is 23.1 Å². The molecular weight excluding hydrogens is 276 g/mol. The fraction of sp³-hybridized carbons (Fsp3) is 0.529. The third kappa shape index (κ3) is 3.85. The van der Waals surface area contributed by atoms with Gasteiger partial charge in [-0.1, -0.05) is 18.6 Å². The van der Waals surface area contributed by atoms with Crippen LogP contribution in [-0.4, -0.2) is 45.9 Å². The number of hydrogen-bond donors (Lipinski definition) is 0. The molecule has 0 aliphatic carbocycles. The van der Waals surface area contributed by atoms with E-state index in [1.54, 1.807) is 13.4 Å². The Hall–Kier alpha value is -1.88. The SMILES string of the molecule is COc1ccc(CCN2CCCC[C@@H]2Cn2cncn2)cc1. The fourth-order valence-electron chi connectivity index (χ4n) is 3.17. The molecule has 0 radical (unpaired) electrons. The van der Waals surface area contributed by atoms with Crippen molar-refractivity contribution in [2.24, 2.45) is 0 Å². The van der Waals surface area contributed by atoms with Gasteiger partial charge in [0.1, 0.15) is 18.4 Å². The molecule has 0 amide bonds. The van der Waals surface area contributed by atoms with E-state index in [2.05, 4.69) is 27.1 Å². The molecule has 2 aromatic rings. The lowest BCUT2D eigenvalue weighted by Gasteiger charge is -2.35. The predicted molar refractivity (Wildman–Crippen MR) is 85.9 cm³/mol. The summed E-state index contributed by atoms with van der Waals surface area (Å²) in [6.45, 7) is 3.24. The summed E-state index contributed by atoms with van der Waals surface area (Å²) in [5, 5.41) is 4.25. The minimum absolute atomic E-state index is 0.577. The van der Waals surface area contributed by atoms with Gasteiger partial charge in [-0.3, -0.25) is 9.58 Å². The molecule has 5 heteroatoms. The number of benzene rings is 1. The third-order valence-electron chi connectivity index (χ3n) is 4.46. The maximum atomic E-state index is 5.21. The molecule has 1 saturated heterocycles. The third-order valence-corrected chi connectivity index (χ3v) is 4.46. The maximum absolute atomic E-state index is 5.21. The Bertz CT molecular complexity index is 553. The Morgan fingerprint density at radius 2 is 2.09 bits per heavy atom. The summed E-state index contributed by atoms with van der Waals surface area (Å²) < 4.78 is 7.17. The largest absolute Gasteiger partial charge is 0.497 e. The minimum atomic E-state index is 0.577. The predicted octanol–water partition coefficient (Wildman–Crippen LogP) is 2.38. The number of hydrogen-bond acceptors (Lipinski definition) is 4. The van der Waals surface area contributed by atoms with Gasteiger partial charge in [-0.05, 0) is 43.5 Å². The molecule has 3 rings (SSSR count). The van der Waals surface area contributed by atoms with E-state index in [4.69, 9.17) is 4.74 Å². The average molecular weight is 300 g/mol. The van der Waals surface area contributed by atoms with Crippen molar-refractivity contribution in [1.82, 2.24) is 19.7 Å². The second-order valence-corrected chi connectivity index (χ2v) is 5.90. The Kier molecular flexibility index (Phi) is 5.06. The summed E-state index contributed by atoms with van der Waals surface area (Å²) in [6.07, 6.45) is 8.38. The monoisotopic (exact) mass is 300 g/mol. The van der Waals surface area contributed by atoms with Crippen LogP contribution in [0.25, 0.3) is 0 Å². The molecule has 1 atom stereocenters. The standard InChI is InChI=1S/C17H24N4O/c1-22-17-7-5-15(6-8-17)9-11-20-10-3-2-4-16(20)12-21-14-18-13-19-21/h5-8,13-14,16H,2-4,9-12H2,1H3/t16-/m1/s1. The summed E-state index contributed by atoms with van der Waals surface area (Å²) in [7, 11) is 1.71.